The normalized spacial score (nSPS) is 21.8. The summed E-state index contributed by atoms with van der Waals surface area (Å²) in [5, 5.41) is 0. The van der Waals surface area contributed by atoms with Crippen LogP contribution in [0.25, 0.3) is 11.8 Å². The Morgan fingerprint density at radius 1 is 1.12 bits per heavy atom. The quantitative estimate of drug-likeness (QED) is 0.531. The molecule has 3 aromatic rings. The zero-order valence-electron chi connectivity index (χ0n) is 18.3. The number of rotatable bonds is 4. The summed E-state index contributed by atoms with van der Waals surface area (Å²) in [4.78, 5) is 19.8. The van der Waals surface area contributed by atoms with E-state index in [1.807, 2.05) is 46.9 Å². The molecule has 0 bridgehead atoms. The molecule has 32 heavy (non-hydrogen) atoms. The predicted molar refractivity (Wildman–Crippen MR) is 121 cm³/mol. The van der Waals surface area contributed by atoms with Gasteiger partial charge >= 0.3 is 0 Å². The number of aryl methyl sites for hydroxylation is 1. The van der Waals surface area contributed by atoms with Gasteiger partial charge in [0.1, 0.15) is 11.6 Å². The molecule has 2 aromatic carbocycles. The maximum atomic E-state index is 13.4. The second-order valence-corrected chi connectivity index (χ2v) is 8.57. The first-order chi connectivity index (χ1) is 15.5. The number of aromatic nitrogens is 2. The van der Waals surface area contributed by atoms with E-state index in [9.17, 15) is 9.18 Å². The lowest BCUT2D eigenvalue weighted by molar-refractivity contribution is -0.131. The average molecular weight is 432 g/mol. The van der Waals surface area contributed by atoms with Crippen molar-refractivity contribution in [1.29, 1.82) is 0 Å². The molecule has 5 rings (SSSR count). The summed E-state index contributed by atoms with van der Waals surface area (Å²) >= 11 is 0. The van der Waals surface area contributed by atoms with Crippen molar-refractivity contribution in [2.45, 2.75) is 44.7 Å². The molecule has 0 saturated carbocycles. The molecule has 2 atom stereocenters. The highest BCUT2D eigenvalue weighted by atomic mass is 19.1. The highest BCUT2D eigenvalue weighted by Crippen LogP contribution is 2.42. The Kier molecular flexibility index (Phi) is 5.29. The van der Waals surface area contributed by atoms with Gasteiger partial charge in [-0.25, -0.2) is 9.37 Å². The lowest BCUT2D eigenvalue weighted by Gasteiger charge is -2.35. The molecule has 1 amide bonds. The number of hydrogen-bond donors (Lipinski definition) is 0. The van der Waals surface area contributed by atoms with E-state index in [-0.39, 0.29) is 23.8 Å². The minimum Gasteiger partial charge on any atom is -0.495 e. The zero-order chi connectivity index (χ0) is 22.2. The van der Waals surface area contributed by atoms with Crippen LogP contribution in [0.1, 0.15) is 48.5 Å². The Morgan fingerprint density at radius 3 is 2.66 bits per heavy atom. The molecule has 0 radical (unpaired) electrons. The molecule has 0 aliphatic carbocycles. The highest BCUT2D eigenvalue weighted by molar-refractivity contribution is 5.99. The van der Waals surface area contributed by atoms with Crippen LogP contribution in [0.2, 0.25) is 0 Å². The molecule has 3 heterocycles. The van der Waals surface area contributed by atoms with E-state index in [4.69, 9.17) is 4.74 Å². The van der Waals surface area contributed by atoms with Crippen molar-refractivity contribution in [3.05, 3.63) is 83.2 Å². The molecule has 2 aliphatic rings. The van der Waals surface area contributed by atoms with Gasteiger partial charge in [-0.3, -0.25) is 4.79 Å². The van der Waals surface area contributed by atoms with Gasteiger partial charge in [-0.1, -0.05) is 18.2 Å². The molecule has 1 aromatic heterocycles. The monoisotopic (exact) mass is 431 g/mol. The molecule has 6 heteroatoms. The zero-order valence-corrected chi connectivity index (χ0v) is 18.3. The average Bonchev–Trinajstić information content (AvgIpc) is 3.43. The van der Waals surface area contributed by atoms with Crippen LogP contribution in [0, 0.1) is 12.7 Å². The number of methoxy groups -OCH3 is 1. The first-order valence-electron chi connectivity index (χ1n) is 11.0. The molecule has 5 nitrogen and oxygen atoms in total. The first-order valence-corrected chi connectivity index (χ1v) is 11.0. The molecular weight excluding hydrogens is 405 g/mol. The largest absolute Gasteiger partial charge is 0.495 e. The minimum absolute atomic E-state index is 0.0122. The van der Waals surface area contributed by atoms with Gasteiger partial charge in [0, 0.05) is 17.8 Å². The van der Waals surface area contributed by atoms with E-state index in [1.165, 1.54) is 12.1 Å². The van der Waals surface area contributed by atoms with Crippen molar-refractivity contribution in [1.82, 2.24) is 14.5 Å². The van der Waals surface area contributed by atoms with Crippen LogP contribution in [0.5, 0.6) is 5.75 Å². The molecule has 164 valence electrons. The maximum absolute atomic E-state index is 13.4. The number of ether oxygens (including phenoxy) is 1. The van der Waals surface area contributed by atoms with Crippen molar-refractivity contribution >= 4 is 12.0 Å². The second-order valence-electron chi connectivity index (χ2n) is 8.57. The number of nitrogens with zero attached hydrogens (tertiary/aromatic N) is 3. The highest BCUT2D eigenvalue weighted by Gasteiger charge is 2.41. The van der Waals surface area contributed by atoms with Crippen molar-refractivity contribution in [2.24, 2.45) is 0 Å². The Hall–Kier alpha value is -3.41. The third kappa shape index (κ3) is 3.70. The summed E-state index contributed by atoms with van der Waals surface area (Å²) in [5.74, 6) is 0.557. The van der Waals surface area contributed by atoms with E-state index < -0.39 is 0 Å². The fourth-order valence-electron chi connectivity index (χ4n) is 4.97. The fourth-order valence-corrected chi connectivity index (χ4v) is 4.97. The fraction of sp³-hybridized carbons (Fsp3) is 0.308. The summed E-state index contributed by atoms with van der Waals surface area (Å²) in [6, 6.07) is 12.8. The van der Waals surface area contributed by atoms with E-state index >= 15 is 0 Å². The maximum Gasteiger partial charge on any atom is 0.250 e. The number of amides is 1. The van der Waals surface area contributed by atoms with Gasteiger partial charge in [-0.15, -0.1) is 0 Å². The van der Waals surface area contributed by atoms with Gasteiger partial charge < -0.3 is 14.2 Å². The summed E-state index contributed by atoms with van der Waals surface area (Å²) in [7, 11) is 1.65. The van der Waals surface area contributed by atoms with Gasteiger partial charge in [0.05, 0.1) is 30.9 Å². The molecule has 2 aliphatic heterocycles. The topological polar surface area (TPSA) is 47.4 Å². The number of piperidine rings is 1. The molecule has 0 spiro atoms. The van der Waals surface area contributed by atoms with Crippen LogP contribution >= 0.6 is 0 Å². The summed E-state index contributed by atoms with van der Waals surface area (Å²) in [6.07, 6.45) is 9.32. The smallest absolute Gasteiger partial charge is 0.250 e. The second kappa shape index (κ2) is 8.26. The number of benzene rings is 2. The van der Waals surface area contributed by atoms with Crippen molar-refractivity contribution in [3.8, 4) is 11.4 Å². The molecular formula is C26H26FN3O2. The number of carbonyl (C=O) groups excluding carboxylic acids is 1. The van der Waals surface area contributed by atoms with E-state index in [0.717, 1.165) is 59.5 Å². The van der Waals surface area contributed by atoms with Crippen LogP contribution in [0.4, 0.5) is 4.39 Å². The van der Waals surface area contributed by atoms with Gasteiger partial charge in [-0.2, -0.15) is 0 Å². The van der Waals surface area contributed by atoms with Crippen molar-refractivity contribution < 1.29 is 13.9 Å². The summed E-state index contributed by atoms with van der Waals surface area (Å²) in [5.41, 5.74) is 4.58. The number of carbonyl (C=O) groups is 1. The molecule has 0 N–H and O–H groups in total. The number of imidazole rings is 1. The minimum atomic E-state index is -0.253. The SMILES string of the molecule is COc1cc(C=C2CCC3CC[C@@H](c4ccc(F)cc4)N3C2=O)ccc1-n1cnc(C)c1. The Morgan fingerprint density at radius 2 is 1.94 bits per heavy atom. The van der Waals surface area contributed by atoms with Crippen molar-refractivity contribution in [2.75, 3.05) is 7.11 Å². The lowest BCUT2D eigenvalue weighted by atomic mass is 9.95. The molecule has 2 saturated heterocycles. The van der Waals surface area contributed by atoms with Crippen LogP contribution in [0.3, 0.4) is 0 Å². The molecule has 2 fully saturated rings. The summed E-state index contributed by atoms with van der Waals surface area (Å²) in [6.45, 7) is 1.95. The third-order valence-electron chi connectivity index (χ3n) is 6.55. The number of halogens is 1. The van der Waals surface area contributed by atoms with E-state index in [1.54, 1.807) is 25.6 Å². The molecule has 1 unspecified atom stereocenters. The first kappa shape index (κ1) is 20.5. The third-order valence-corrected chi connectivity index (χ3v) is 6.55. The Balaban J connectivity index is 1.43. The Labute approximate surface area is 187 Å². The van der Waals surface area contributed by atoms with Gasteiger partial charge in [0.15, 0.2) is 0 Å². The van der Waals surface area contributed by atoms with E-state index in [0.29, 0.717) is 0 Å². The van der Waals surface area contributed by atoms with Crippen LogP contribution in [-0.2, 0) is 4.79 Å². The number of fused-ring (bicyclic) bond motifs is 1. The van der Waals surface area contributed by atoms with Gasteiger partial charge in [-0.05, 0) is 74.1 Å². The standard InChI is InChI=1S/C26H26FN3O2/c1-17-15-29(16-28-17)24-11-3-18(14-25(24)32-2)13-20-6-9-22-10-12-23(30(22)26(20)31)19-4-7-21(27)8-5-19/h3-5,7-8,11,13-16,22-23H,6,9-10,12H2,1-2H3/t22?,23-/m0/s1. The van der Waals surface area contributed by atoms with Crippen LogP contribution in [-0.4, -0.2) is 33.5 Å². The van der Waals surface area contributed by atoms with Crippen LogP contribution in [0.15, 0.2) is 60.6 Å². The van der Waals surface area contributed by atoms with E-state index in [2.05, 4.69) is 4.98 Å². The van der Waals surface area contributed by atoms with Gasteiger partial charge in [0.25, 0.3) is 5.91 Å². The number of hydrogen-bond acceptors (Lipinski definition) is 3. The predicted octanol–water partition coefficient (Wildman–Crippen LogP) is 5.24. The summed E-state index contributed by atoms with van der Waals surface area (Å²) < 4.78 is 20.9. The van der Waals surface area contributed by atoms with Crippen molar-refractivity contribution in [3.63, 3.8) is 0 Å². The lowest BCUT2D eigenvalue weighted by Crippen LogP contribution is -2.41. The van der Waals surface area contributed by atoms with Crippen LogP contribution < -0.4 is 4.74 Å². The van der Waals surface area contributed by atoms with Gasteiger partial charge in [0.2, 0.25) is 0 Å². The Bertz CT molecular complexity index is 1180.